The fourth-order valence-electron chi connectivity index (χ4n) is 3.06. The molecule has 4 nitrogen and oxygen atoms in total. The summed E-state index contributed by atoms with van der Waals surface area (Å²) in [6, 6.07) is 0.180. The Balaban J connectivity index is 2.04. The van der Waals surface area contributed by atoms with Crippen LogP contribution in [0.4, 0.5) is 4.79 Å². The van der Waals surface area contributed by atoms with Crippen LogP contribution in [0.25, 0.3) is 0 Å². The van der Waals surface area contributed by atoms with E-state index in [1.807, 2.05) is 25.7 Å². The molecule has 2 bridgehead atoms. The molecule has 1 saturated carbocycles. The number of aliphatic hydroxyl groups is 1. The first kappa shape index (κ1) is 12.7. The van der Waals surface area contributed by atoms with Crippen molar-refractivity contribution in [3.63, 3.8) is 0 Å². The Morgan fingerprint density at radius 3 is 2.65 bits per heavy atom. The van der Waals surface area contributed by atoms with Crippen LogP contribution in [0.5, 0.6) is 0 Å². The van der Waals surface area contributed by atoms with E-state index >= 15 is 0 Å². The Bertz CT molecular complexity index is 298. The van der Waals surface area contributed by atoms with Crippen molar-refractivity contribution in [1.82, 2.24) is 4.90 Å². The van der Waals surface area contributed by atoms with Gasteiger partial charge in [-0.2, -0.15) is 0 Å². The number of carbonyl (C=O) groups is 1. The van der Waals surface area contributed by atoms with Gasteiger partial charge in [0.15, 0.2) is 0 Å². The van der Waals surface area contributed by atoms with Gasteiger partial charge in [-0.25, -0.2) is 4.79 Å². The maximum Gasteiger partial charge on any atom is 0.410 e. The Morgan fingerprint density at radius 1 is 1.41 bits per heavy atom. The van der Waals surface area contributed by atoms with Crippen LogP contribution in [-0.4, -0.2) is 40.9 Å². The van der Waals surface area contributed by atoms with Crippen molar-refractivity contribution in [2.24, 2.45) is 11.8 Å². The van der Waals surface area contributed by atoms with Gasteiger partial charge in [0.1, 0.15) is 5.60 Å². The molecule has 98 valence electrons. The lowest BCUT2D eigenvalue weighted by Gasteiger charge is -2.49. The second-order valence-corrected chi connectivity index (χ2v) is 6.32. The lowest BCUT2D eigenvalue weighted by Crippen LogP contribution is -2.57. The van der Waals surface area contributed by atoms with Gasteiger partial charge in [-0.1, -0.05) is 0 Å². The number of carbonyl (C=O) groups excluding carboxylic acids is 1. The van der Waals surface area contributed by atoms with Gasteiger partial charge in [0, 0.05) is 25.1 Å². The van der Waals surface area contributed by atoms with Gasteiger partial charge in [0.25, 0.3) is 0 Å². The molecule has 0 aromatic carbocycles. The molecule has 1 aliphatic carbocycles. The zero-order chi connectivity index (χ0) is 12.6. The molecule has 2 saturated heterocycles. The van der Waals surface area contributed by atoms with Crippen LogP contribution in [0.3, 0.4) is 0 Å². The molecule has 1 N–H and O–H groups in total. The number of fused-ring (bicyclic) bond motifs is 3. The van der Waals surface area contributed by atoms with Crippen LogP contribution >= 0.6 is 0 Å². The largest absolute Gasteiger partial charge is 0.444 e. The normalized spacial score (nSPS) is 32.7. The monoisotopic (exact) mass is 241 g/mol. The average Bonchev–Trinajstić information content (AvgIpc) is 2.27. The van der Waals surface area contributed by atoms with Crippen LogP contribution in [0, 0.1) is 11.8 Å². The van der Waals surface area contributed by atoms with E-state index in [0.717, 1.165) is 19.4 Å². The van der Waals surface area contributed by atoms with E-state index in [-0.39, 0.29) is 24.7 Å². The Hall–Kier alpha value is -0.770. The second kappa shape index (κ2) is 4.48. The number of nitrogens with zero attached hydrogens (tertiary/aromatic N) is 1. The smallest absolute Gasteiger partial charge is 0.410 e. The average molecular weight is 241 g/mol. The molecule has 3 unspecified atom stereocenters. The quantitative estimate of drug-likeness (QED) is 0.764. The summed E-state index contributed by atoms with van der Waals surface area (Å²) in [6.45, 7) is 6.64. The molecule has 0 aromatic rings. The highest BCUT2D eigenvalue weighted by Gasteiger charge is 2.43. The molecule has 3 aliphatic rings. The molecule has 0 spiro atoms. The van der Waals surface area contributed by atoms with E-state index in [1.165, 1.54) is 6.42 Å². The van der Waals surface area contributed by atoms with Crippen molar-refractivity contribution in [1.29, 1.82) is 0 Å². The van der Waals surface area contributed by atoms with E-state index in [2.05, 4.69) is 0 Å². The van der Waals surface area contributed by atoms with Gasteiger partial charge in [0.2, 0.25) is 0 Å². The van der Waals surface area contributed by atoms with Gasteiger partial charge in [0.05, 0.1) is 0 Å². The molecule has 17 heavy (non-hydrogen) atoms. The number of hydrogen-bond donors (Lipinski definition) is 1. The van der Waals surface area contributed by atoms with Crippen molar-refractivity contribution in [3.05, 3.63) is 0 Å². The summed E-state index contributed by atoms with van der Waals surface area (Å²) in [5, 5.41) is 9.37. The Morgan fingerprint density at radius 2 is 2.12 bits per heavy atom. The number of hydrogen-bond acceptors (Lipinski definition) is 3. The molecule has 0 radical (unpaired) electrons. The van der Waals surface area contributed by atoms with Gasteiger partial charge in [-0.3, -0.25) is 0 Å². The Kier molecular flexibility index (Phi) is 3.34. The van der Waals surface area contributed by atoms with E-state index in [9.17, 15) is 9.90 Å². The third-order valence-electron chi connectivity index (χ3n) is 3.77. The molecule has 4 heteroatoms. The minimum Gasteiger partial charge on any atom is -0.444 e. The van der Waals surface area contributed by atoms with E-state index in [4.69, 9.17) is 4.74 Å². The third kappa shape index (κ3) is 2.73. The maximum atomic E-state index is 12.1. The number of piperidine rings is 2. The van der Waals surface area contributed by atoms with Gasteiger partial charge < -0.3 is 14.7 Å². The summed E-state index contributed by atoms with van der Waals surface area (Å²) in [4.78, 5) is 13.9. The number of rotatable bonds is 1. The summed E-state index contributed by atoms with van der Waals surface area (Å²) in [5.41, 5.74) is -0.442. The van der Waals surface area contributed by atoms with Crippen molar-refractivity contribution in [2.45, 2.75) is 51.7 Å². The molecular formula is C13H23NO3. The second-order valence-electron chi connectivity index (χ2n) is 6.32. The lowest BCUT2D eigenvalue weighted by atomic mass is 9.73. The maximum absolute atomic E-state index is 12.1. The van der Waals surface area contributed by atoms with Crippen molar-refractivity contribution >= 4 is 6.09 Å². The Labute approximate surface area is 103 Å². The van der Waals surface area contributed by atoms with Crippen LogP contribution < -0.4 is 0 Å². The summed E-state index contributed by atoms with van der Waals surface area (Å²) >= 11 is 0. The SMILES string of the molecule is CC(C)(C)OC(=O)N1CC2CCC1C(CO)C2. The molecule has 3 atom stereocenters. The lowest BCUT2D eigenvalue weighted by molar-refractivity contribution is -0.0417. The highest BCUT2D eigenvalue weighted by Crippen LogP contribution is 2.39. The first-order valence-corrected chi connectivity index (χ1v) is 6.51. The summed E-state index contributed by atoms with van der Waals surface area (Å²) < 4.78 is 5.43. The van der Waals surface area contributed by atoms with Crippen molar-refractivity contribution in [2.75, 3.05) is 13.2 Å². The third-order valence-corrected chi connectivity index (χ3v) is 3.77. The van der Waals surface area contributed by atoms with E-state index in [0.29, 0.717) is 5.92 Å². The van der Waals surface area contributed by atoms with Crippen LogP contribution in [0.1, 0.15) is 40.0 Å². The molecule has 2 aliphatic heterocycles. The van der Waals surface area contributed by atoms with Crippen LogP contribution in [0.2, 0.25) is 0 Å². The van der Waals surface area contributed by atoms with Crippen LogP contribution in [-0.2, 0) is 4.74 Å². The van der Waals surface area contributed by atoms with E-state index < -0.39 is 5.60 Å². The molecule has 3 fully saturated rings. The standard InChI is InChI=1S/C13H23NO3/c1-13(2,3)17-12(16)14-7-9-4-5-11(14)10(6-9)8-15/h9-11,15H,4-8H2,1-3H3. The zero-order valence-corrected chi connectivity index (χ0v) is 11.0. The minimum absolute atomic E-state index is 0.180. The summed E-state index contributed by atoms with van der Waals surface area (Å²) in [7, 11) is 0. The number of ether oxygens (including phenoxy) is 1. The van der Waals surface area contributed by atoms with Gasteiger partial charge >= 0.3 is 6.09 Å². The fourth-order valence-corrected chi connectivity index (χ4v) is 3.06. The predicted octanol–water partition coefficient (Wildman–Crippen LogP) is 2.01. The van der Waals surface area contributed by atoms with Crippen LogP contribution in [0.15, 0.2) is 0 Å². The number of amides is 1. The zero-order valence-electron chi connectivity index (χ0n) is 11.0. The van der Waals surface area contributed by atoms with Crippen molar-refractivity contribution < 1.29 is 14.6 Å². The van der Waals surface area contributed by atoms with E-state index in [1.54, 1.807) is 0 Å². The minimum atomic E-state index is -0.442. The fraction of sp³-hybridized carbons (Fsp3) is 0.923. The molecule has 2 heterocycles. The summed E-state index contributed by atoms with van der Waals surface area (Å²) in [6.07, 6.45) is 3.03. The molecule has 3 rings (SSSR count). The molecule has 1 amide bonds. The molecule has 0 aromatic heterocycles. The number of aliphatic hydroxyl groups excluding tert-OH is 1. The predicted molar refractivity (Wildman–Crippen MR) is 64.6 cm³/mol. The summed E-state index contributed by atoms with van der Waals surface area (Å²) in [5.74, 6) is 0.791. The first-order valence-electron chi connectivity index (χ1n) is 6.51. The van der Waals surface area contributed by atoms with Gasteiger partial charge in [-0.15, -0.1) is 0 Å². The first-order chi connectivity index (χ1) is 7.90. The van der Waals surface area contributed by atoms with Crippen molar-refractivity contribution in [3.8, 4) is 0 Å². The topological polar surface area (TPSA) is 49.8 Å². The highest BCUT2D eigenvalue weighted by atomic mass is 16.6. The highest BCUT2D eigenvalue weighted by molar-refractivity contribution is 5.69. The van der Waals surface area contributed by atoms with Gasteiger partial charge in [-0.05, 0) is 46.0 Å². The molecular weight excluding hydrogens is 218 g/mol.